The van der Waals surface area contributed by atoms with Gasteiger partial charge < -0.3 is 15.8 Å². The molecule has 1 aromatic heterocycles. The van der Waals surface area contributed by atoms with Crippen LogP contribution in [0.3, 0.4) is 0 Å². The van der Waals surface area contributed by atoms with Crippen molar-refractivity contribution in [2.75, 3.05) is 17.7 Å². The van der Waals surface area contributed by atoms with Crippen molar-refractivity contribution in [1.82, 2.24) is 9.97 Å². The summed E-state index contributed by atoms with van der Waals surface area (Å²) in [6.45, 7) is 4.50. The molecular formula is C14H17BrN4O. The zero-order valence-electron chi connectivity index (χ0n) is 11.5. The Morgan fingerprint density at radius 1 is 1.30 bits per heavy atom. The minimum atomic E-state index is 0.403. The topological polar surface area (TPSA) is 73.1 Å². The van der Waals surface area contributed by atoms with Crippen molar-refractivity contribution in [3.63, 3.8) is 0 Å². The number of nitrogens with one attached hydrogen (secondary N) is 1. The summed E-state index contributed by atoms with van der Waals surface area (Å²) in [6.07, 6.45) is 2.35. The first-order valence-corrected chi connectivity index (χ1v) is 7.23. The van der Waals surface area contributed by atoms with Crippen LogP contribution in [0, 0.1) is 0 Å². The van der Waals surface area contributed by atoms with Gasteiger partial charge in [0.2, 0.25) is 5.88 Å². The van der Waals surface area contributed by atoms with Crippen molar-refractivity contribution in [2.45, 2.75) is 20.3 Å². The monoisotopic (exact) mass is 336 g/mol. The number of aryl methyl sites for hydroxylation is 1. The summed E-state index contributed by atoms with van der Waals surface area (Å²) in [5, 5.41) is 3.24. The number of ether oxygens (including phenoxy) is 1. The maximum absolute atomic E-state index is 6.02. The minimum Gasteiger partial charge on any atom is -0.476 e. The number of aromatic nitrogens is 2. The van der Waals surface area contributed by atoms with E-state index < -0.39 is 0 Å². The lowest BCUT2D eigenvalue weighted by molar-refractivity contribution is 0.328. The van der Waals surface area contributed by atoms with Gasteiger partial charge >= 0.3 is 0 Å². The quantitative estimate of drug-likeness (QED) is 0.873. The second kappa shape index (κ2) is 6.56. The van der Waals surface area contributed by atoms with Gasteiger partial charge in [-0.25, -0.2) is 4.98 Å². The third-order valence-electron chi connectivity index (χ3n) is 2.83. The standard InChI is InChI=1S/C14H17BrN4O/c1-3-9-7-10(15)5-6-11(9)19-13-12(16)14(20-4-2)18-8-17-13/h5-8H,3-4,16H2,1-2H3,(H,17,18,19). The van der Waals surface area contributed by atoms with Crippen LogP contribution in [0.25, 0.3) is 0 Å². The van der Waals surface area contributed by atoms with Crippen LogP contribution in [-0.4, -0.2) is 16.6 Å². The molecule has 0 aliphatic rings. The van der Waals surface area contributed by atoms with Crippen molar-refractivity contribution in [3.8, 4) is 5.88 Å². The molecule has 3 N–H and O–H groups in total. The molecule has 5 nitrogen and oxygen atoms in total. The Morgan fingerprint density at radius 3 is 2.80 bits per heavy atom. The number of rotatable bonds is 5. The maximum Gasteiger partial charge on any atom is 0.242 e. The van der Waals surface area contributed by atoms with Crippen molar-refractivity contribution in [2.24, 2.45) is 0 Å². The van der Waals surface area contributed by atoms with Crippen LogP contribution in [0.5, 0.6) is 5.88 Å². The zero-order chi connectivity index (χ0) is 14.5. The fourth-order valence-electron chi connectivity index (χ4n) is 1.84. The number of nitrogens with two attached hydrogens (primary N) is 1. The van der Waals surface area contributed by atoms with Crippen LogP contribution in [-0.2, 0) is 6.42 Å². The van der Waals surface area contributed by atoms with Crippen LogP contribution in [0.4, 0.5) is 17.2 Å². The zero-order valence-corrected chi connectivity index (χ0v) is 13.1. The molecule has 0 amide bonds. The average Bonchev–Trinajstić information content (AvgIpc) is 2.45. The Bertz CT molecular complexity index is 604. The molecule has 0 aliphatic heterocycles. The first-order valence-electron chi connectivity index (χ1n) is 6.44. The number of nitrogen functional groups attached to an aromatic ring is 1. The summed E-state index contributed by atoms with van der Waals surface area (Å²) in [7, 11) is 0. The van der Waals surface area contributed by atoms with Gasteiger partial charge in [-0.1, -0.05) is 22.9 Å². The van der Waals surface area contributed by atoms with Crippen LogP contribution < -0.4 is 15.8 Å². The molecule has 0 saturated carbocycles. The van der Waals surface area contributed by atoms with Gasteiger partial charge in [-0.3, -0.25) is 0 Å². The van der Waals surface area contributed by atoms with Crippen molar-refractivity contribution >= 4 is 33.1 Å². The van der Waals surface area contributed by atoms with E-state index in [1.807, 2.05) is 19.1 Å². The van der Waals surface area contributed by atoms with E-state index in [0.29, 0.717) is 24.0 Å². The SMILES string of the molecule is CCOc1ncnc(Nc2ccc(Br)cc2CC)c1N. The Labute approximate surface area is 126 Å². The lowest BCUT2D eigenvalue weighted by Crippen LogP contribution is -2.06. The highest BCUT2D eigenvalue weighted by Gasteiger charge is 2.10. The average molecular weight is 337 g/mol. The Balaban J connectivity index is 2.33. The Morgan fingerprint density at radius 2 is 2.10 bits per heavy atom. The van der Waals surface area contributed by atoms with E-state index in [0.717, 1.165) is 16.6 Å². The number of nitrogens with zero attached hydrogens (tertiary/aromatic N) is 2. The van der Waals surface area contributed by atoms with E-state index in [1.165, 1.54) is 11.9 Å². The summed E-state index contributed by atoms with van der Waals surface area (Å²) in [6, 6.07) is 6.04. The van der Waals surface area contributed by atoms with Crippen molar-refractivity contribution in [1.29, 1.82) is 0 Å². The van der Waals surface area contributed by atoms with Crippen LogP contribution >= 0.6 is 15.9 Å². The summed E-state index contributed by atoms with van der Waals surface area (Å²) in [5.41, 5.74) is 8.58. The molecule has 0 saturated heterocycles. The molecule has 0 atom stereocenters. The molecule has 0 spiro atoms. The van der Waals surface area contributed by atoms with E-state index >= 15 is 0 Å². The maximum atomic E-state index is 6.02. The van der Waals surface area contributed by atoms with Gasteiger partial charge in [0, 0.05) is 10.2 Å². The molecule has 2 aromatic rings. The van der Waals surface area contributed by atoms with Gasteiger partial charge in [-0.2, -0.15) is 4.98 Å². The molecule has 0 unspecified atom stereocenters. The van der Waals surface area contributed by atoms with E-state index in [-0.39, 0.29) is 0 Å². The first-order chi connectivity index (χ1) is 9.65. The molecule has 0 fully saturated rings. The van der Waals surface area contributed by atoms with E-state index in [2.05, 4.69) is 44.2 Å². The molecule has 106 valence electrons. The van der Waals surface area contributed by atoms with E-state index in [4.69, 9.17) is 10.5 Å². The first kappa shape index (κ1) is 14.6. The van der Waals surface area contributed by atoms with Crippen LogP contribution in [0.2, 0.25) is 0 Å². The highest BCUT2D eigenvalue weighted by molar-refractivity contribution is 9.10. The minimum absolute atomic E-state index is 0.403. The summed E-state index contributed by atoms with van der Waals surface area (Å²) < 4.78 is 6.41. The highest BCUT2D eigenvalue weighted by atomic mass is 79.9. The molecule has 0 bridgehead atoms. The fourth-order valence-corrected chi connectivity index (χ4v) is 2.24. The van der Waals surface area contributed by atoms with Crippen LogP contribution in [0.1, 0.15) is 19.4 Å². The predicted molar refractivity (Wildman–Crippen MR) is 84.4 cm³/mol. The fraction of sp³-hybridized carbons (Fsp3) is 0.286. The number of halogens is 1. The lowest BCUT2D eigenvalue weighted by atomic mass is 10.1. The number of hydrogen-bond acceptors (Lipinski definition) is 5. The van der Waals surface area contributed by atoms with Gasteiger partial charge in [-0.15, -0.1) is 0 Å². The van der Waals surface area contributed by atoms with Crippen LogP contribution in [0.15, 0.2) is 29.0 Å². The number of hydrogen-bond donors (Lipinski definition) is 2. The van der Waals surface area contributed by atoms with E-state index in [9.17, 15) is 0 Å². The molecule has 0 radical (unpaired) electrons. The third-order valence-corrected chi connectivity index (χ3v) is 3.32. The molecule has 20 heavy (non-hydrogen) atoms. The molecule has 0 aliphatic carbocycles. The van der Waals surface area contributed by atoms with Gasteiger partial charge in [-0.05, 0) is 37.1 Å². The predicted octanol–water partition coefficient (Wildman–Crippen LogP) is 3.53. The molecular weight excluding hydrogens is 320 g/mol. The highest BCUT2D eigenvalue weighted by Crippen LogP contribution is 2.30. The van der Waals surface area contributed by atoms with Gasteiger partial charge in [0.05, 0.1) is 6.61 Å². The second-order valence-corrected chi connectivity index (χ2v) is 5.07. The third kappa shape index (κ3) is 3.19. The van der Waals surface area contributed by atoms with Gasteiger partial charge in [0.15, 0.2) is 5.82 Å². The smallest absolute Gasteiger partial charge is 0.242 e. The Hall–Kier alpha value is -1.82. The largest absolute Gasteiger partial charge is 0.476 e. The Kier molecular flexibility index (Phi) is 4.79. The van der Waals surface area contributed by atoms with Gasteiger partial charge in [0.25, 0.3) is 0 Å². The normalized spacial score (nSPS) is 10.3. The number of benzene rings is 1. The number of anilines is 3. The lowest BCUT2D eigenvalue weighted by Gasteiger charge is -2.13. The van der Waals surface area contributed by atoms with Crippen molar-refractivity contribution in [3.05, 3.63) is 34.6 Å². The summed E-state index contributed by atoms with van der Waals surface area (Å²) >= 11 is 3.47. The van der Waals surface area contributed by atoms with Gasteiger partial charge in [0.1, 0.15) is 12.0 Å². The molecule has 1 aromatic carbocycles. The molecule has 2 rings (SSSR count). The second-order valence-electron chi connectivity index (χ2n) is 4.15. The van der Waals surface area contributed by atoms with Crippen molar-refractivity contribution < 1.29 is 4.74 Å². The van der Waals surface area contributed by atoms with E-state index in [1.54, 1.807) is 0 Å². The summed E-state index contributed by atoms with van der Waals surface area (Å²) in [5.74, 6) is 0.959. The molecule has 6 heteroatoms. The molecule has 1 heterocycles. The summed E-state index contributed by atoms with van der Waals surface area (Å²) in [4.78, 5) is 8.20.